The average molecular weight is 222 g/mol. The highest BCUT2D eigenvalue weighted by Crippen LogP contribution is 2.30. The van der Waals surface area contributed by atoms with Gasteiger partial charge in [-0.2, -0.15) is 0 Å². The number of hydrogen-bond acceptors (Lipinski definition) is 3. The van der Waals surface area contributed by atoms with Gasteiger partial charge in [-0.1, -0.05) is 6.92 Å². The Hall–Kier alpha value is -1.29. The second-order valence-electron chi connectivity index (χ2n) is 4.09. The summed E-state index contributed by atoms with van der Waals surface area (Å²) in [4.78, 5) is 11.6. The van der Waals surface area contributed by atoms with Crippen LogP contribution in [0.25, 0.3) is 0 Å². The maximum absolute atomic E-state index is 11.6. The number of fused-ring (bicyclic) bond motifs is 1. The molecule has 2 N–H and O–H groups in total. The third-order valence-electron chi connectivity index (χ3n) is 2.92. The lowest BCUT2D eigenvalue weighted by Crippen LogP contribution is -2.37. The fourth-order valence-electron chi connectivity index (χ4n) is 2.12. The third kappa shape index (κ3) is 2.44. The number of likely N-dealkylation sites (N-methyl/N-ethyl adjacent to an activating group) is 1. The van der Waals surface area contributed by atoms with Crippen molar-refractivity contribution in [2.75, 3.05) is 13.1 Å². The predicted molar refractivity (Wildman–Crippen MR) is 61.1 cm³/mol. The minimum absolute atomic E-state index is 0.0564. The van der Waals surface area contributed by atoms with E-state index in [2.05, 4.69) is 10.6 Å². The highest BCUT2D eigenvalue weighted by atomic mass is 16.3. The summed E-state index contributed by atoms with van der Waals surface area (Å²) in [5.41, 5.74) is 1.15. The molecule has 1 aliphatic carbocycles. The average Bonchev–Trinajstić information content (AvgIpc) is 2.75. The number of furan rings is 1. The van der Waals surface area contributed by atoms with Crippen LogP contribution < -0.4 is 10.6 Å². The zero-order valence-electron chi connectivity index (χ0n) is 9.58. The molecule has 1 atom stereocenters. The first-order chi connectivity index (χ1) is 7.81. The van der Waals surface area contributed by atoms with Gasteiger partial charge in [0.15, 0.2) is 0 Å². The molecule has 16 heavy (non-hydrogen) atoms. The van der Waals surface area contributed by atoms with E-state index in [1.165, 1.54) is 0 Å². The molecule has 1 amide bonds. The van der Waals surface area contributed by atoms with Crippen molar-refractivity contribution >= 4 is 5.91 Å². The van der Waals surface area contributed by atoms with Crippen molar-refractivity contribution in [2.45, 2.75) is 32.2 Å². The van der Waals surface area contributed by atoms with Crippen molar-refractivity contribution in [3.8, 4) is 0 Å². The van der Waals surface area contributed by atoms with Crippen LogP contribution in [0, 0.1) is 0 Å². The Morgan fingerprint density at radius 3 is 3.31 bits per heavy atom. The first kappa shape index (κ1) is 11.2. The molecule has 0 aromatic carbocycles. The molecule has 0 saturated heterocycles. The van der Waals surface area contributed by atoms with Crippen molar-refractivity contribution in [1.82, 2.24) is 10.6 Å². The standard InChI is InChI=1S/C12H18N2O2/c1-2-13-8-12(15)14-10-4-3-5-11-9(10)6-7-16-11/h6-7,10,13H,2-5,8H2,1H3,(H,14,15). The zero-order valence-corrected chi connectivity index (χ0v) is 9.58. The van der Waals surface area contributed by atoms with E-state index in [0.717, 1.165) is 37.1 Å². The van der Waals surface area contributed by atoms with Crippen molar-refractivity contribution in [1.29, 1.82) is 0 Å². The summed E-state index contributed by atoms with van der Waals surface area (Å²) < 4.78 is 5.38. The lowest BCUT2D eigenvalue weighted by atomic mass is 9.93. The lowest BCUT2D eigenvalue weighted by Gasteiger charge is -2.22. The maximum atomic E-state index is 11.6. The van der Waals surface area contributed by atoms with Gasteiger partial charge in [0.1, 0.15) is 5.76 Å². The minimum Gasteiger partial charge on any atom is -0.469 e. The van der Waals surface area contributed by atoms with Gasteiger partial charge in [0.25, 0.3) is 0 Å². The molecular weight excluding hydrogens is 204 g/mol. The number of carbonyl (C=O) groups excluding carboxylic acids is 1. The van der Waals surface area contributed by atoms with Crippen LogP contribution in [0.2, 0.25) is 0 Å². The Labute approximate surface area is 95.4 Å². The Morgan fingerprint density at radius 2 is 2.50 bits per heavy atom. The van der Waals surface area contributed by atoms with Crippen LogP contribution in [0.1, 0.15) is 37.1 Å². The van der Waals surface area contributed by atoms with E-state index in [4.69, 9.17) is 4.42 Å². The molecule has 0 saturated carbocycles. The van der Waals surface area contributed by atoms with E-state index in [-0.39, 0.29) is 11.9 Å². The minimum atomic E-state index is 0.0564. The molecule has 0 radical (unpaired) electrons. The summed E-state index contributed by atoms with van der Waals surface area (Å²) in [5, 5.41) is 6.05. The smallest absolute Gasteiger partial charge is 0.234 e. The number of aryl methyl sites for hydroxylation is 1. The number of amides is 1. The molecule has 0 bridgehead atoms. The topological polar surface area (TPSA) is 54.3 Å². The molecule has 4 nitrogen and oxygen atoms in total. The van der Waals surface area contributed by atoms with Crippen molar-refractivity contribution < 1.29 is 9.21 Å². The maximum Gasteiger partial charge on any atom is 0.234 e. The number of rotatable bonds is 4. The molecule has 1 aromatic rings. The normalized spacial score (nSPS) is 19.2. The van der Waals surface area contributed by atoms with Crippen molar-refractivity contribution in [2.24, 2.45) is 0 Å². The molecule has 0 fully saturated rings. The molecule has 1 aromatic heterocycles. The van der Waals surface area contributed by atoms with Gasteiger partial charge in [-0.3, -0.25) is 4.79 Å². The SMILES string of the molecule is CCNCC(=O)NC1CCCc2occc21. The molecule has 2 rings (SSSR count). The number of carbonyl (C=O) groups is 1. The molecular formula is C12H18N2O2. The lowest BCUT2D eigenvalue weighted by molar-refractivity contribution is -0.121. The van der Waals surface area contributed by atoms with Gasteiger partial charge in [0.2, 0.25) is 5.91 Å². The van der Waals surface area contributed by atoms with E-state index in [0.29, 0.717) is 6.54 Å². The Bertz CT molecular complexity index is 360. The zero-order chi connectivity index (χ0) is 11.4. The fraction of sp³-hybridized carbons (Fsp3) is 0.583. The van der Waals surface area contributed by atoms with E-state index < -0.39 is 0 Å². The van der Waals surface area contributed by atoms with E-state index in [1.807, 2.05) is 13.0 Å². The highest BCUT2D eigenvalue weighted by molar-refractivity contribution is 5.78. The molecule has 0 aliphatic heterocycles. The van der Waals surface area contributed by atoms with E-state index in [1.54, 1.807) is 6.26 Å². The van der Waals surface area contributed by atoms with E-state index in [9.17, 15) is 4.79 Å². The van der Waals surface area contributed by atoms with Crippen LogP contribution in [0.3, 0.4) is 0 Å². The van der Waals surface area contributed by atoms with Crippen LogP contribution in [-0.4, -0.2) is 19.0 Å². The van der Waals surface area contributed by atoms with Gasteiger partial charge >= 0.3 is 0 Å². The summed E-state index contributed by atoms with van der Waals surface area (Å²) in [6.45, 7) is 3.19. The molecule has 1 aliphatic rings. The second-order valence-corrected chi connectivity index (χ2v) is 4.09. The summed E-state index contributed by atoms with van der Waals surface area (Å²) in [6, 6.07) is 2.10. The quantitative estimate of drug-likeness (QED) is 0.809. The van der Waals surface area contributed by atoms with E-state index >= 15 is 0 Å². The highest BCUT2D eigenvalue weighted by Gasteiger charge is 2.23. The molecule has 1 heterocycles. The molecule has 4 heteroatoms. The summed E-state index contributed by atoms with van der Waals surface area (Å²) in [5.74, 6) is 1.08. The Kier molecular flexibility index (Phi) is 3.62. The Morgan fingerprint density at radius 1 is 1.62 bits per heavy atom. The van der Waals surface area contributed by atoms with Crippen LogP contribution in [0.4, 0.5) is 0 Å². The van der Waals surface area contributed by atoms with Gasteiger partial charge in [-0.05, 0) is 25.5 Å². The molecule has 0 spiro atoms. The summed E-state index contributed by atoms with van der Waals surface area (Å²) in [6.07, 6.45) is 4.78. The number of hydrogen-bond donors (Lipinski definition) is 2. The van der Waals surface area contributed by atoms with Crippen molar-refractivity contribution in [3.63, 3.8) is 0 Å². The van der Waals surface area contributed by atoms with Gasteiger partial charge in [0.05, 0.1) is 18.8 Å². The van der Waals surface area contributed by atoms with Crippen molar-refractivity contribution in [3.05, 3.63) is 23.7 Å². The Balaban J connectivity index is 1.94. The largest absolute Gasteiger partial charge is 0.469 e. The molecule has 88 valence electrons. The first-order valence-corrected chi connectivity index (χ1v) is 5.87. The number of nitrogens with one attached hydrogen (secondary N) is 2. The summed E-state index contributed by atoms with van der Waals surface area (Å²) in [7, 11) is 0. The van der Waals surface area contributed by atoms with Crippen LogP contribution in [0.5, 0.6) is 0 Å². The van der Waals surface area contributed by atoms with Gasteiger partial charge in [-0.25, -0.2) is 0 Å². The second kappa shape index (κ2) is 5.16. The van der Waals surface area contributed by atoms with Gasteiger partial charge < -0.3 is 15.1 Å². The van der Waals surface area contributed by atoms with Gasteiger partial charge in [-0.15, -0.1) is 0 Å². The summed E-state index contributed by atoms with van der Waals surface area (Å²) >= 11 is 0. The van der Waals surface area contributed by atoms with Crippen LogP contribution in [-0.2, 0) is 11.2 Å². The van der Waals surface area contributed by atoms with Gasteiger partial charge in [0, 0.05) is 12.0 Å². The fourth-order valence-corrected chi connectivity index (χ4v) is 2.12. The predicted octanol–water partition coefficient (Wildman–Crippen LogP) is 1.38. The third-order valence-corrected chi connectivity index (χ3v) is 2.92. The first-order valence-electron chi connectivity index (χ1n) is 5.87. The van der Waals surface area contributed by atoms with Crippen LogP contribution >= 0.6 is 0 Å². The monoisotopic (exact) mass is 222 g/mol. The van der Waals surface area contributed by atoms with Crippen LogP contribution in [0.15, 0.2) is 16.7 Å². The molecule has 1 unspecified atom stereocenters.